The Morgan fingerprint density at radius 2 is 1.87 bits per heavy atom. The number of fused-ring (bicyclic) bond motifs is 1. The van der Waals surface area contributed by atoms with Crippen molar-refractivity contribution < 1.29 is 9.53 Å². The molecule has 0 saturated heterocycles. The lowest BCUT2D eigenvalue weighted by atomic mass is 10.0. The predicted octanol–water partition coefficient (Wildman–Crippen LogP) is 6.02. The molecule has 2 aromatic carbocycles. The normalized spacial score (nSPS) is 11.0. The van der Waals surface area contributed by atoms with Crippen LogP contribution < -0.4 is 5.56 Å². The summed E-state index contributed by atoms with van der Waals surface area (Å²) in [5, 5.41) is 11.3. The maximum atomic E-state index is 13.8. The molecule has 8 heteroatoms. The molecule has 0 N–H and O–H groups in total. The first-order valence-corrected chi connectivity index (χ1v) is 13.7. The number of carbonyl (C=O) groups is 1. The highest BCUT2D eigenvalue weighted by Gasteiger charge is 2.18. The van der Waals surface area contributed by atoms with Crippen molar-refractivity contribution in [3.05, 3.63) is 110 Å². The van der Waals surface area contributed by atoms with Crippen molar-refractivity contribution >= 4 is 28.3 Å². The van der Waals surface area contributed by atoms with Gasteiger partial charge < -0.3 is 13.9 Å². The third-order valence-electron chi connectivity index (χ3n) is 6.84. The summed E-state index contributed by atoms with van der Waals surface area (Å²) in [5.41, 5.74) is 5.17. The number of pyridine rings is 1. The van der Waals surface area contributed by atoms with Crippen molar-refractivity contribution in [3.63, 3.8) is 0 Å². The molecule has 0 saturated carbocycles. The molecule has 0 atom stereocenters. The van der Waals surface area contributed by atoms with E-state index in [0.717, 1.165) is 41.8 Å². The number of esters is 1. The number of nitrogens with zero attached hydrogens (tertiary/aromatic N) is 4. The van der Waals surface area contributed by atoms with E-state index < -0.39 is 5.97 Å². The van der Waals surface area contributed by atoms with Gasteiger partial charge in [-0.05, 0) is 46.7 Å². The van der Waals surface area contributed by atoms with Gasteiger partial charge in [-0.2, -0.15) is 5.26 Å². The molecule has 3 heterocycles. The summed E-state index contributed by atoms with van der Waals surface area (Å²) in [6, 6.07) is 21.4. The minimum atomic E-state index is -0.431. The maximum Gasteiger partial charge on any atom is 0.338 e. The fourth-order valence-corrected chi connectivity index (χ4v) is 5.50. The van der Waals surface area contributed by atoms with Crippen LogP contribution in [0.15, 0.2) is 77.0 Å². The fourth-order valence-electron chi connectivity index (χ4n) is 4.79. The highest BCUT2D eigenvalue weighted by Crippen LogP contribution is 2.28. The van der Waals surface area contributed by atoms with Gasteiger partial charge in [-0.25, -0.2) is 9.78 Å². The highest BCUT2D eigenvalue weighted by atomic mass is 32.1. The number of rotatable bonds is 9. The Morgan fingerprint density at radius 1 is 1.08 bits per heavy atom. The van der Waals surface area contributed by atoms with E-state index in [1.165, 1.54) is 18.4 Å². The number of ether oxygens (including phenoxy) is 1. The zero-order valence-corrected chi connectivity index (χ0v) is 22.7. The number of methoxy groups -OCH3 is 1. The van der Waals surface area contributed by atoms with E-state index >= 15 is 0 Å². The monoisotopic (exact) mass is 536 g/mol. The molecule has 0 aliphatic heterocycles. The lowest BCUT2D eigenvalue weighted by Crippen LogP contribution is -2.23. The number of imidazole rings is 1. The van der Waals surface area contributed by atoms with Gasteiger partial charge in [0.05, 0.1) is 24.7 Å². The fraction of sp³-hybridized carbons (Fsp3) is 0.226. The van der Waals surface area contributed by atoms with E-state index in [1.807, 2.05) is 58.5 Å². The topological polar surface area (TPSA) is 89.9 Å². The second kappa shape index (κ2) is 11.5. The number of hydrogen-bond acceptors (Lipinski definition) is 6. The summed E-state index contributed by atoms with van der Waals surface area (Å²) in [7, 11) is 1.35. The standard InChI is InChI=1S/C31H28N4O3S/c1-3-4-9-28-33-26-14-16-34(20-23-7-5-6-8-25(23)31(37)38-2)30(36)29(26)35(28)19-21-10-12-22(13-11-21)24-15-17-39-27(24)18-32/h5-8,10-17H,3-4,9,19-20H2,1-2H3. The van der Waals surface area contributed by atoms with E-state index in [2.05, 4.69) is 13.0 Å². The van der Waals surface area contributed by atoms with Crippen molar-refractivity contribution in [2.75, 3.05) is 7.11 Å². The first kappa shape index (κ1) is 26.1. The average Bonchev–Trinajstić information content (AvgIpc) is 3.58. The van der Waals surface area contributed by atoms with E-state index in [1.54, 1.807) is 22.9 Å². The van der Waals surface area contributed by atoms with Gasteiger partial charge >= 0.3 is 5.97 Å². The Morgan fingerprint density at radius 3 is 2.62 bits per heavy atom. The van der Waals surface area contributed by atoms with Crippen molar-refractivity contribution in [1.29, 1.82) is 5.26 Å². The molecule has 5 aromatic rings. The summed E-state index contributed by atoms with van der Waals surface area (Å²) in [6.45, 7) is 2.88. The second-order valence-corrected chi connectivity index (χ2v) is 10.2. The first-order chi connectivity index (χ1) is 19.0. The summed E-state index contributed by atoms with van der Waals surface area (Å²) >= 11 is 1.43. The Balaban J connectivity index is 1.53. The van der Waals surface area contributed by atoms with Crippen LogP contribution in [0.3, 0.4) is 0 Å². The van der Waals surface area contributed by atoms with Crippen LogP contribution in [-0.4, -0.2) is 27.2 Å². The van der Waals surface area contributed by atoms with Crippen molar-refractivity contribution in [2.45, 2.75) is 39.3 Å². The SMILES string of the molecule is CCCCc1nc2ccn(Cc3ccccc3C(=O)OC)c(=O)c2n1Cc1ccc(-c2ccsc2C#N)cc1. The molecule has 0 fully saturated rings. The molecular formula is C31H28N4O3S. The van der Waals surface area contributed by atoms with Gasteiger partial charge in [0.2, 0.25) is 0 Å². The molecule has 0 bridgehead atoms. The molecule has 0 radical (unpaired) electrons. The molecule has 39 heavy (non-hydrogen) atoms. The lowest BCUT2D eigenvalue weighted by molar-refractivity contribution is 0.0599. The van der Waals surface area contributed by atoms with Crippen LogP contribution in [0.5, 0.6) is 0 Å². The zero-order chi connectivity index (χ0) is 27.4. The van der Waals surface area contributed by atoms with Gasteiger partial charge in [0.15, 0.2) is 0 Å². The van der Waals surface area contributed by atoms with Crippen molar-refractivity contribution in [2.24, 2.45) is 0 Å². The zero-order valence-electron chi connectivity index (χ0n) is 21.9. The van der Waals surface area contributed by atoms with E-state index in [4.69, 9.17) is 9.72 Å². The van der Waals surface area contributed by atoms with E-state index in [-0.39, 0.29) is 12.1 Å². The summed E-state index contributed by atoms with van der Waals surface area (Å²) in [4.78, 5) is 31.6. The Hall–Kier alpha value is -4.48. The molecule has 0 unspecified atom stereocenters. The molecule has 0 amide bonds. The van der Waals surface area contributed by atoms with Crippen LogP contribution in [-0.2, 0) is 24.2 Å². The number of hydrogen-bond donors (Lipinski definition) is 0. The minimum Gasteiger partial charge on any atom is -0.465 e. The predicted molar refractivity (Wildman–Crippen MR) is 153 cm³/mol. The summed E-state index contributed by atoms with van der Waals surface area (Å²) in [6.07, 6.45) is 4.50. The number of nitriles is 1. The van der Waals surface area contributed by atoms with E-state index in [0.29, 0.717) is 33.6 Å². The Labute approximate surface area is 230 Å². The Kier molecular flexibility index (Phi) is 7.71. The molecular weight excluding hydrogens is 508 g/mol. The van der Waals surface area contributed by atoms with Gasteiger partial charge in [-0.3, -0.25) is 4.79 Å². The van der Waals surface area contributed by atoms with Crippen LogP contribution in [0.25, 0.3) is 22.2 Å². The molecule has 7 nitrogen and oxygen atoms in total. The molecule has 0 aliphatic carbocycles. The number of unbranched alkanes of at least 4 members (excludes halogenated alkanes) is 1. The maximum absolute atomic E-state index is 13.8. The molecule has 5 rings (SSSR count). The summed E-state index contributed by atoms with van der Waals surface area (Å²) < 4.78 is 8.57. The molecule has 0 spiro atoms. The smallest absolute Gasteiger partial charge is 0.338 e. The minimum absolute atomic E-state index is 0.157. The largest absolute Gasteiger partial charge is 0.465 e. The highest BCUT2D eigenvalue weighted by molar-refractivity contribution is 7.11. The number of aryl methyl sites for hydroxylation is 1. The van der Waals surface area contributed by atoms with Gasteiger partial charge in [0.25, 0.3) is 5.56 Å². The summed E-state index contributed by atoms with van der Waals surface area (Å²) in [5.74, 6) is 0.449. The number of thiophene rings is 1. The van der Waals surface area contributed by atoms with Gasteiger partial charge in [-0.15, -0.1) is 11.3 Å². The van der Waals surface area contributed by atoms with Crippen LogP contribution in [0.4, 0.5) is 0 Å². The average molecular weight is 537 g/mol. The van der Waals surface area contributed by atoms with Crippen LogP contribution in [0.2, 0.25) is 0 Å². The van der Waals surface area contributed by atoms with Gasteiger partial charge in [-0.1, -0.05) is 55.8 Å². The molecule has 0 aliphatic rings. The molecule has 196 valence electrons. The van der Waals surface area contributed by atoms with Crippen LogP contribution in [0.1, 0.15) is 52.0 Å². The third kappa shape index (κ3) is 5.27. The van der Waals surface area contributed by atoms with Crippen molar-refractivity contribution in [1.82, 2.24) is 14.1 Å². The number of aromatic nitrogens is 3. The number of benzene rings is 2. The quantitative estimate of drug-likeness (QED) is 0.215. The van der Waals surface area contributed by atoms with Gasteiger partial charge in [0.1, 0.15) is 22.3 Å². The van der Waals surface area contributed by atoms with Crippen molar-refractivity contribution in [3.8, 4) is 17.2 Å². The molecule has 3 aromatic heterocycles. The van der Waals surface area contributed by atoms with Crippen LogP contribution >= 0.6 is 11.3 Å². The van der Waals surface area contributed by atoms with Gasteiger partial charge in [0, 0.05) is 24.7 Å². The van der Waals surface area contributed by atoms with Crippen LogP contribution in [0, 0.1) is 11.3 Å². The third-order valence-corrected chi connectivity index (χ3v) is 7.66. The second-order valence-electron chi connectivity index (χ2n) is 9.32. The van der Waals surface area contributed by atoms with E-state index in [9.17, 15) is 14.9 Å². The first-order valence-electron chi connectivity index (χ1n) is 12.9. The number of carbonyl (C=O) groups excluding carboxylic acids is 1. The Bertz CT molecular complexity index is 1740. The lowest BCUT2D eigenvalue weighted by Gasteiger charge is -2.12.